The summed E-state index contributed by atoms with van der Waals surface area (Å²) in [7, 11) is 0. The van der Waals surface area contributed by atoms with Crippen LogP contribution in [0.2, 0.25) is 0 Å². The number of halogens is 1. The maximum absolute atomic E-state index is 15.1. The molecule has 5 heterocycles. The lowest BCUT2D eigenvalue weighted by Gasteiger charge is -2.35. The molecule has 2 amide bonds. The zero-order chi connectivity index (χ0) is 39.8. The molecule has 1 saturated heterocycles. The second-order valence-electron chi connectivity index (χ2n) is 14.4. The fourth-order valence-electron chi connectivity index (χ4n) is 7.69. The summed E-state index contributed by atoms with van der Waals surface area (Å²) in [6.45, 7) is 8.35. The van der Waals surface area contributed by atoms with Crippen molar-refractivity contribution in [3.8, 4) is 11.1 Å². The standard InChI is InChI=1S/C44H41FN8O4/c1-4-51-14-13-32-34(41(54)47-25-36-26(2)19-27(3)48-42(36)55)22-30(23-39(32)51)29-10-12-40(46-24-29)52-15-17-53(18-16-52)44(57)35-20-28(9-11-37(35)45)21-38-31-7-5-6-8-33(31)43(56)50-49-38/h5-14,19-20,22-24H,4,15-18,21,25H2,1-3H3,(H,47,54)(H,48,55)(H,50,56). The van der Waals surface area contributed by atoms with Crippen molar-refractivity contribution in [3.63, 3.8) is 0 Å². The molecule has 1 aliphatic heterocycles. The first kappa shape index (κ1) is 37.1. The quantitative estimate of drug-likeness (QED) is 0.166. The van der Waals surface area contributed by atoms with Crippen LogP contribution < -0.4 is 21.3 Å². The molecule has 57 heavy (non-hydrogen) atoms. The van der Waals surface area contributed by atoms with Crippen molar-refractivity contribution in [2.24, 2.45) is 0 Å². The molecular formula is C44H41FN8O4. The zero-order valence-corrected chi connectivity index (χ0v) is 31.9. The van der Waals surface area contributed by atoms with Crippen molar-refractivity contribution < 1.29 is 14.0 Å². The minimum atomic E-state index is -0.593. The summed E-state index contributed by atoms with van der Waals surface area (Å²) in [5.74, 6) is -0.513. The molecular weight excluding hydrogens is 724 g/mol. The molecule has 1 fully saturated rings. The number of aromatic amines is 2. The van der Waals surface area contributed by atoms with E-state index in [-0.39, 0.29) is 35.0 Å². The Bertz CT molecular complexity index is 2800. The van der Waals surface area contributed by atoms with Crippen LogP contribution in [0.25, 0.3) is 32.8 Å². The number of anilines is 1. The number of nitrogens with one attached hydrogen (secondary N) is 3. The highest BCUT2D eigenvalue weighted by molar-refractivity contribution is 6.08. The van der Waals surface area contributed by atoms with E-state index in [0.717, 1.165) is 45.6 Å². The van der Waals surface area contributed by atoms with E-state index in [2.05, 4.69) is 36.0 Å². The van der Waals surface area contributed by atoms with E-state index >= 15 is 4.39 Å². The van der Waals surface area contributed by atoms with Crippen LogP contribution in [0.3, 0.4) is 0 Å². The maximum atomic E-state index is 15.1. The minimum absolute atomic E-state index is 0.00434. The second kappa shape index (κ2) is 15.3. The third-order valence-corrected chi connectivity index (χ3v) is 10.8. The lowest BCUT2D eigenvalue weighted by molar-refractivity contribution is 0.0741. The summed E-state index contributed by atoms with van der Waals surface area (Å²) in [6, 6.07) is 23.3. The molecule has 288 valence electrons. The number of fused-ring (bicyclic) bond motifs is 2. The van der Waals surface area contributed by atoms with Gasteiger partial charge in [0.05, 0.1) is 16.6 Å². The Morgan fingerprint density at radius 2 is 1.63 bits per heavy atom. The van der Waals surface area contributed by atoms with Gasteiger partial charge in [0, 0.05) is 96.8 Å². The molecule has 12 nitrogen and oxygen atoms in total. The van der Waals surface area contributed by atoms with E-state index in [1.54, 1.807) is 35.4 Å². The molecule has 0 spiro atoms. The third kappa shape index (κ3) is 7.31. The second-order valence-corrected chi connectivity index (χ2v) is 14.4. The molecule has 0 saturated carbocycles. The van der Waals surface area contributed by atoms with Crippen molar-refractivity contribution in [3.05, 3.63) is 157 Å². The highest BCUT2D eigenvalue weighted by Crippen LogP contribution is 2.30. The number of hydrogen-bond donors (Lipinski definition) is 3. The number of benzene rings is 3. The SMILES string of the molecule is CCn1ccc2c(C(=O)NCc3c(C)cc(C)[nH]c3=O)cc(-c3ccc(N4CCN(C(=O)c5cc(Cc6n[nH]c(=O)c7ccccc67)ccc5F)CC4)nc3)cc21. The van der Waals surface area contributed by atoms with Crippen LogP contribution in [-0.4, -0.2) is 67.6 Å². The van der Waals surface area contributed by atoms with Crippen molar-refractivity contribution in [1.29, 1.82) is 0 Å². The van der Waals surface area contributed by atoms with E-state index in [1.807, 2.05) is 69.4 Å². The Labute approximate surface area is 327 Å². The summed E-state index contributed by atoms with van der Waals surface area (Å²) >= 11 is 0. The average Bonchev–Trinajstić information content (AvgIpc) is 3.65. The van der Waals surface area contributed by atoms with Crippen LogP contribution in [0.4, 0.5) is 10.2 Å². The van der Waals surface area contributed by atoms with Gasteiger partial charge in [0.1, 0.15) is 11.6 Å². The number of carbonyl (C=O) groups excluding carboxylic acids is 2. The molecule has 3 aromatic carbocycles. The van der Waals surface area contributed by atoms with Crippen LogP contribution in [0.5, 0.6) is 0 Å². The fourth-order valence-corrected chi connectivity index (χ4v) is 7.69. The number of carbonyl (C=O) groups is 2. The van der Waals surface area contributed by atoms with E-state index in [1.165, 1.54) is 6.07 Å². The highest BCUT2D eigenvalue weighted by atomic mass is 19.1. The summed E-state index contributed by atoms with van der Waals surface area (Å²) in [6.07, 6.45) is 4.06. The molecule has 0 unspecified atom stereocenters. The van der Waals surface area contributed by atoms with Crippen LogP contribution in [0.15, 0.2) is 101 Å². The van der Waals surface area contributed by atoms with Gasteiger partial charge in [0.25, 0.3) is 22.9 Å². The molecule has 0 atom stereocenters. The molecule has 7 aromatic rings. The van der Waals surface area contributed by atoms with Gasteiger partial charge in [-0.05, 0) is 92.1 Å². The van der Waals surface area contributed by atoms with Gasteiger partial charge in [-0.3, -0.25) is 19.2 Å². The Kier molecular flexibility index (Phi) is 9.97. The van der Waals surface area contributed by atoms with Gasteiger partial charge in [-0.2, -0.15) is 5.10 Å². The fraction of sp³-hybridized carbons (Fsp3) is 0.227. The maximum Gasteiger partial charge on any atom is 0.272 e. The van der Waals surface area contributed by atoms with Crippen LogP contribution >= 0.6 is 0 Å². The van der Waals surface area contributed by atoms with Gasteiger partial charge in [-0.15, -0.1) is 0 Å². The van der Waals surface area contributed by atoms with Gasteiger partial charge in [-0.25, -0.2) is 14.5 Å². The summed E-state index contributed by atoms with van der Waals surface area (Å²) in [4.78, 5) is 63.5. The Balaban J connectivity index is 0.957. The number of hydrogen-bond acceptors (Lipinski definition) is 7. The number of aryl methyl sites for hydroxylation is 3. The molecule has 0 bridgehead atoms. The van der Waals surface area contributed by atoms with Gasteiger partial charge in [0.15, 0.2) is 0 Å². The molecule has 4 aromatic heterocycles. The molecule has 0 aliphatic carbocycles. The van der Waals surface area contributed by atoms with Gasteiger partial charge < -0.3 is 24.7 Å². The van der Waals surface area contributed by atoms with Crippen molar-refractivity contribution >= 4 is 39.3 Å². The van der Waals surface area contributed by atoms with E-state index in [4.69, 9.17) is 4.98 Å². The molecule has 13 heteroatoms. The van der Waals surface area contributed by atoms with Crippen molar-refractivity contribution in [2.45, 2.75) is 40.3 Å². The largest absolute Gasteiger partial charge is 0.353 e. The lowest BCUT2D eigenvalue weighted by Crippen LogP contribution is -2.49. The Hall–Kier alpha value is -6.89. The number of piperazine rings is 1. The third-order valence-electron chi connectivity index (χ3n) is 10.8. The number of aromatic nitrogens is 5. The average molecular weight is 765 g/mol. The van der Waals surface area contributed by atoms with E-state index < -0.39 is 5.82 Å². The number of pyridine rings is 2. The minimum Gasteiger partial charge on any atom is -0.353 e. The number of rotatable bonds is 9. The van der Waals surface area contributed by atoms with Crippen molar-refractivity contribution in [1.82, 2.24) is 34.9 Å². The first-order valence-corrected chi connectivity index (χ1v) is 18.9. The van der Waals surface area contributed by atoms with Gasteiger partial charge in [-0.1, -0.05) is 24.3 Å². The number of H-pyrrole nitrogens is 2. The predicted octanol–water partition coefficient (Wildman–Crippen LogP) is 5.89. The van der Waals surface area contributed by atoms with Crippen molar-refractivity contribution in [2.75, 3.05) is 31.1 Å². The lowest BCUT2D eigenvalue weighted by atomic mass is 10.0. The molecule has 0 radical (unpaired) electrons. The van der Waals surface area contributed by atoms with E-state index in [0.29, 0.717) is 65.8 Å². The molecule has 3 N–H and O–H groups in total. The van der Waals surface area contributed by atoms with E-state index in [9.17, 15) is 19.2 Å². The monoisotopic (exact) mass is 764 g/mol. The first-order valence-electron chi connectivity index (χ1n) is 18.9. The predicted molar refractivity (Wildman–Crippen MR) is 218 cm³/mol. The topological polar surface area (TPSA) is 149 Å². The zero-order valence-electron chi connectivity index (χ0n) is 31.9. The highest BCUT2D eigenvalue weighted by Gasteiger charge is 2.26. The van der Waals surface area contributed by atoms with Crippen LogP contribution in [0.1, 0.15) is 55.7 Å². The van der Waals surface area contributed by atoms with Crippen LogP contribution in [0, 0.1) is 19.7 Å². The van der Waals surface area contributed by atoms with Crippen LogP contribution in [-0.2, 0) is 19.5 Å². The summed E-state index contributed by atoms with van der Waals surface area (Å²) in [5.41, 5.74) is 6.02. The summed E-state index contributed by atoms with van der Waals surface area (Å²) in [5, 5.41) is 11.8. The van der Waals surface area contributed by atoms with Gasteiger partial charge in [0.2, 0.25) is 0 Å². The number of amides is 2. The Morgan fingerprint density at radius 1 is 0.842 bits per heavy atom. The summed E-state index contributed by atoms with van der Waals surface area (Å²) < 4.78 is 17.2. The molecule has 8 rings (SSSR count). The smallest absolute Gasteiger partial charge is 0.272 e. The first-order chi connectivity index (χ1) is 27.6. The van der Waals surface area contributed by atoms with Gasteiger partial charge >= 0.3 is 0 Å². The normalized spacial score (nSPS) is 13.1. The Morgan fingerprint density at radius 3 is 2.37 bits per heavy atom. The molecule has 1 aliphatic rings. The number of nitrogens with zero attached hydrogens (tertiary/aromatic N) is 5.